The molecule has 2 rings (SSSR count). The van der Waals surface area contributed by atoms with E-state index < -0.39 is 11.8 Å². The Balaban J connectivity index is 2.14. The zero-order valence-electron chi connectivity index (χ0n) is 8.46. The number of carboxylic acids is 1. The predicted molar refractivity (Wildman–Crippen MR) is 62.8 cm³/mol. The standard InChI is InChI=1S/C10H7FN2O2S2/c11-8-2-1-6(9(14)15)3-7(8)4-16-10-13-12-5-17-10/h1-3,5H,4H2,(H,14,15). The number of aromatic carboxylic acids is 1. The summed E-state index contributed by atoms with van der Waals surface area (Å²) in [5.41, 5.74) is 2.02. The van der Waals surface area contributed by atoms with Crippen molar-refractivity contribution in [2.75, 3.05) is 0 Å². The van der Waals surface area contributed by atoms with Crippen LogP contribution in [0.15, 0.2) is 28.0 Å². The number of rotatable bonds is 4. The molecule has 1 aromatic heterocycles. The van der Waals surface area contributed by atoms with Gasteiger partial charge in [-0.1, -0.05) is 23.1 Å². The molecule has 0 unspecified atom stereocenters. The molecule has 88 valence electrons. The van der Waals surface area contributed by atoms with Gasteiger partial charge in [0.05, 0.1) is 5.56 Å². The number of aromatic nitrogens is 2. The lowest BCUT2D eigenvalue weighted by Crippen LogP contribution is -1.99. The van der Waals surface area contributed by atoms with E-state index in [-0.39, 0.29) is 5.56 Å². The average Bonchev–Trinajstić information content (AvgIpc) is 2.80. The molecular formula is C10H7FN2O2S2. The summed E-state index contributed by atoms with van der Waals surface area (Å²) in [4.78, 5) is 10.7. The minimum absolute atomic E-state index is 0.0827. The molecule has 0 aliphatic heterocycles. The van der Waals surface area contributed by atoms with Gasteiger partial charge in [-0.2, -0.15) is 0 Å². The van der Waals surface area contributed by atoms with Crippen LogP contribution in [0.1, 0.15) is 15.9 Å². The van der Waals surface area contributed by atoms with E-state index in [1.807, 2.05) is 0 Å². The van der Waals surface area contributed by atoms with Crippen molar-refractivity contribution in [3.8, 4) is 0 Å². The molecule has 0 aliphatic rings. The zero-order valence-corrected chi connectivity index (χ0v) is 10.1. The molecule has 0 amide bonds. The fraction of sp³-hybridized carbons (Fsp3) is 0.100. The number of halogens is 1. The molecule has 0 atom stereocenters. The average molecular weight is 270 g/mol. The first-order chi connectivity index (χ1) is 8.16. The summed E-state index contributed by atoms with van der Waals surface area (Å²) in [6.45, 7) is 0. The summed E-state index contributed by atoms with van der Waals surface area (Å²) in [6.07, 6.45) is 0. The maximum Gasteiger partial charge on any atom is 0.335 e. The second-order valence-corrected chi connectivity index (χ2v) is 5.16. The van der Waals surface area contributed by atoms with Gasteiger partial charge in [0.15, 0.2) is 4.34 Å². The summed E-state index contributed by atoms with van der Waals surface area (Å²) in [6, 6.07) is 3.75. The van der Waals surface area contributed by atoms with Crippen molar-refractivity contribution in [3.63, 3.8) is 0 Å². The van der Waals surface area contributed by atoms with Gasteiger partial charge in [0.25, 0.3) is 0 Å². The van der Waals surface area contributed by atoms with Gasteiger partial charge in [-0.05, 0) is 23.8 Å². The predicted octanol–water partition coefficient (Wildman–Crippen LogP) is 2.67. The van der Waals surface area contributed by atoms with E-state index in [2.05, 4.69) is 10.2 Å². The van der Waals surface area contributed by atoms with Crippen LogP contribution in [0.3, 0.4) is 0 Å². The Labute approximate surface area is 105 Å². The first-order valence-electron chi connectivity index (χ1n) is 4.57. The maximum absolute atomic E-state index is 13.4. The van der Waals surface area contributed by atoms with Crippen LogP contribution in [0, 0.1) is 5.82 Å². The normalized spacial score (nSPS) is 10.4. The molecule has 0 fully saturated rings. The smallest absolute Gasteiger partial charge is 0.335 e. The number of hydrogen-bond donors (Lipinski definition) is 1. The highest BCUT2D eigenvalue weighted by molar-refractivity contribution is 8.00. The summed E-state index contributed by atoms with van der Waals surface area (Å²) < 4.78 is 14.1. The lowest BCUT2D eigenvalue weighted by molar-refractivity contribution is 0.0696. The summed E-state index contributed by atoms with van der Waals surface area (Å²) in [5.74, 6) is -1.14. The molecule has 1 aromatic carbocycles. The van der Waals surface area contributed by atoms with Crippen molar-refractivity contribution in [2.24, 2.45) is 0 Å². The van der Waals surface area contributed by atoms with Crippen LogP contribution in [0.2, 0.25) is 0 Å². The van der Waals surface area contributed by atoms with Gasteiger partial charge in [0, 0.05) is 5.75 Å². The van der Waals surface area contributed by atoms with Crippen LogP contribution in [0.4, 0.5) is 4.39 Å². The summed E-state index contributed by atoms with van der Waals surface area (Å²) in [5, 5.41) is 16.3. The Morgan fingerprint density at radius 3 is 3.00 bits per heavy atom. The largest absolute Gasteiger partial charge is 0.478 e. The van der Waals surface area contributed by atoms with Crippen molar-refractivity contribution < 1.29 is 14.3 Å². The van der Waals surface area contributed by atoms with E-state index in [0.717, 1.165) is 4.34 Å². The molecular weight excluding hydrogens is 263 g/mol. The van der Waals surface area contributed by atoms with Gasteiger partial charge in [-0.15, -0.1) is 10.2 Å². The van der Waals surface area contributed by atoms with E-state index in [4.69, 9.17) is 5.11 Å². The van der Waals surface area contributed by atoms with Gasteiger partial charge in [-0.3, -0.25) is 0 Å². The van der Waals surface area contributed by atoms with Gasteiger partial charge < -0.3 is 5.11 Å². The van der Waals surface area contributed by atoms with Crippen molar-refractivity contribution in [2.45, 2.75) is 10.1 Å². The van der Waals surface area contributed by atoms with E-state index in [1.54, 1.807) is 5.51 Å². The number of carbonyl (C=O) groups is 1. The molecule has 0 saturated carbocycles. The SMILES string of the molecule is O=C(O)c1ccc(F)c(CSc2nncs2)c1. The molecule has 0 saturated heterocycles. The van der Waals surface area contributed by atoms with Crippen LogP contribution >= 0.6 is 23.1 Å². The topological polar surface area (TPSA) is 63.1 Å². The number of hydrogen-bond acceptors (Lipinski definition) is 5. The Kier molecular flexibility index (Phi) is 3.70. The molecule has 2 aromatic rings. The van der Waals surface area contributed by atoms with Crippen LogP contribution in [-0.2, 0) is 5.75 Å². The van der Waals surface area contributed by atoms with E-state index in [1.165, 1.54) is 41.3 Å². The fourth-order valence-corrected chi connectivity index (χ4v) is 2.65. The minimum Gasteiger partial charge on any atom is -0.478 e. The van der Waals surface area contributed by atoms with Crippen LogP contribution in [-0.4, -0.2) is 21.3 Å². The van der Waals surface area contributed by atoms with Gasteiger partial charge >= 0.3 is 5.97 Å². The van der Waals surface area contributed by atoms with Crippen LogP contribution < -0.4 is 0 Å². The van der Waals surface area contributed by atoms with Crippen molar-refractivity contribution in [1.29, 1.82) is 0 Å². The van der Waals surface area contributed by atoms with E-state index in [9.17, 15) is 9.18 Å². The first-order valence-corrected chi connectivity index (χ1v) is 6.44. The quantitative estimate of drug-likeness (QED) is 0.865. The minimum atomic E-state index is -1.06. The first kappa shape index (κ1) is 12.0. The fourth-order valence-electron chi connectivity index (χ4n) is 1.18. The molecule has 0 spiro atoms. The second-order valence-electron chi connectivity index (χ2n) is 3.10. The van der Waals surface area contributed by atoms with Gasteiger partial charge in [0.2, 0.25) is 0 Å². The molecule has 1 N–H and O–H groups in total. The molecule has 1 heterocycles. The third-order valence-corrected chi connectivity index (χ3v) is 3.89. The Hall–Kier alpha value is -1.47. The summed E-state index contributed by atoms with van der Waals surface area (Å²) >= 11 is 2.69. The second kappa shape index (κ2) is 5.24. The van der Waals surface area contributed by atoms with Crippen LogP contribution in [0.25, 0.3) is 0 Å². The Morgan fingerprint density at radius 1 is 1.53 bits per heavy atom. The number of thioether (sulfide) groups is 1. The third kappa shape index (κ3) is 3.01. The lowest BCUT2D eigenvalue weighted by Gasteiger charge is -2.02. The highest BCUT2D eigenvalue weighted by Crippen LogP contribution is 2.25. The van der Waals surface area contributed by atoms with Crippen molar-refractivity contribution >= 4 is 29.1 Å². The Morgan fingerprint density at radius 2 is 2.35 bits per heavy atom. The molecule has 7 heteroatoms. The Bertz CT molecular complexity index is 531. The zero-order chi connectivity index (χ0) is 12.3. The molecule has 17 heavy (non-hydrogen) atoms. The van der Waals surface area contributed by atoms with Gasteiger partial charge in [-0.25, -0.2) is 9.18 Å². The maximum atomic E-state index is 13.4. The van der Waals surface area contributed by atoms with Gasteiger partial charge in [0.1, 0.15) is 11.3 Å². The summed E-state index contributed by atoms with van der Waals surface area (Å²) in [7, 11) is 0. The van der Waals surface area contributed by atoms with E-state index in [0.29, 0.717) is 11.3 Å². The highest BCUT2D eigenvalue weighted by atomic mass is 32.2. The number of nitrogens with zero attached hydrogens (tertiary/aromatic N) is 2. The molecule has 0 radical (unpaired) electrons. The third-order valence-electron chi connectivity index (χ3n) is 1.98. The number of carboxylic acid groups (broad SMARTS) is 1. The molecule has 4 nitrogen and oxygen atoms in total. The van der Waals surface area contributed by atoms with Crippen molar-refractivity contribution in [3.05, 3.63) is 40.7 Å². The van der Waals surface area contributed by atoms with Crippen molar-refractivity contribution in [1.82, 2.24) is 10.2 Å². The number of benzene rings is 1. The van der Waals surface area contributed by atoms with E-state index >= 15 is 0 Å². The molecule has 0 bridgehead atoms. The lowest BCUT2D eigenvalue weighted by atomic mass is 10.1. The monoisotopic (exact) mass is 270 g/mol. The molecule has 0 aliphatic carbocycles. The highest BCUT2D eigenvalue weighted by Gasteiger charge is 2.09. The van der Waals surface area contributed by atoms with Crippen LogP contribution in [0.5, 0.6) is 0 Å².